The molecule has 0 spiro atoms. The first-order valence-electron chi connectivity index (χ1n) is 5.65. The Morgan fingerprint density at radius 2 is 2.11 bits per heavy atom. The average molecular weight is 374 g/mol. The van der Waals surface area contributed by atoms with Gasteiger partial charge in [-0.3, -0.25) is 0 Å². The molecule has 1 aromatic carbocycles. The first-order valence-corrected chi connectivity index (χ1v) is 7.24. The molecule has 1 N–H and O–H groups in total. The molecule has 0 saturated carbocycles. The number of nitrogens with zero attached hydrogens (tertiary/aromatic N) is 3. The van der Waals surface area contributed by atoms with E-state index < -0.39 is 0 Å². The van der Waals surface area contributed by atoms with Crippen LogP contribution in [0.3, 0.4) is 0 Å². The zero-order valence-corrected chi connectivity index (χ0v) is 13.4. The third-order valence-corrected chi connectivity index (χ3v) is 3.69. The molecule has 0 unspecified atom stereocenters. The fourth-order valence-corrected chi connectivity index (χ4v) is 2.39. The molecule has 6 heteroatoms. The van der Waals surface area contributed by atoms with Crippen molar-refractivity contribution in [3.8, 4) is 0 Å². The smallest absolute Gasteiger partial charge is 0.146 e. The van der Waals surface area contributed by atoms with E-state index in [1.807, 2.05) is 22.9 Å². The second-order valence-electron chi connectivity index (χ2n) is 4.19. The van der Waals surface area contributed by atoms with Crippen LogP contribution in [0.5, 0.6) is 0 Å². The highest BCUT2D eigenvalue weighted by Gasteiger charge is 2.08. The summed E-state index contributed by atoms with van der Waals surface area (Å²) in [4.78, 5) is 4.27. The number of anilines is 1. The van der Waals surface area contributed by atoms with Gasteiger partial charge < -0.3 is 5.32 Å². The first-order chi connectivity index (χ1) is 8.58. The van der Waals surface area contributed by atoms with Gasteiger partial charge in [-0.2, -0.15) is 5.10 Å². The van der Waals surface area contributed by atoms with Gasteiger partial charge in [0.25, 0.3) is 0 Å². The van der Waals surface area contributed by atoms with E-state index in [1.165, 1.54) is 0 Å². The van der Waals surface area contributed by atoms with E-state index in [9.17, 15) is 0 Å². The Morgan fingerprint density at radius 1 is 1.33 bits per heavy atom. The molecule has 1 heterocycles. The zero-order valence-electron chi connectivity index (χ0n) is 10.2. The van der Waals surface area contributed by atoms with Gasteiger partial charge in [-0.15, -0.1) is 0 Å². The predicted molar refractivity (Wildman–Crippen MR) is 79.6 cm³/mol. The Hall–Kier alpha value is -0.880. The van der Waals surface area contributed by atoms with E-state index in [4.69, 9.17) is 0 Å². The summed E-state index contributed by atoms with van der Waals surface area (Å²) in [6, 6.07) is 6.33. The number of aromatic nitrogens is 3. The summed E-state index contributed by atoms with van der Waals surface area (Å²) >= 11 is 6.97. The van der Waals surface area contributed by atoms with Crippen LogP contribution in [0.1, 0.15) is 25.7 Å². The molecular weight excluding hydrogens is 360 g/mol. The van der Waals surface area contributed by atoms with Gasteiger partial charge in [0.1, 0.15) is 12.2 Å². The number of halogens is 2. The van der Waals surface area contributed by atoms with Crippen molar-refractivity contribution in [2.75, 3.05) is 5.32 Å². The molecule has 0 aliphatic rings. The van der Waals surface area contributed by atoms with Crippen LogP contribution in [-0.4, -0.2) is 14.8 Å². The molecule has 0 radical (unpaired) electrons. The van der Waals surface area contributed by atoms with Crippen LogP contribution in [0.25, 0.3) is 0 Å². The highest BCUT2D eigenvalue weighted by molar-refractivity contribution is 9.11. The van der Waals surface area contributed by atoms with Crippen LogP contribution in [0.2, 0.25) is 0 Å². The van der Waals surface area contributed by atoms with Gasteiger partial charge in [-0.25, -0.2) is 9.67 Å². The lowest BCUT2D eigenvalue weighted by Crippen LogP contribution is -2.12. The molecule has 2 rings (SSSR count). The van der Waals surface area contributed by atoms with Crippen molar-refractivity contribution in [1.29, 1.82) is 0 Å². The van der Waals surface area contributed by atoms with Gasteiger partial charge in [0.15, 0.2) is 0 Å². The van der Waals surface area contributed by atoms with E-state index in [0.717, 1.165) is 20.5 Å². The Morgan fingerprint density at radius 3 is 2.83 bits per heavy atom. The van der Waals surface area contributed by atoms with Crippen molar-refractivity contribution >= 4 is 37.5 Å². The molecule has 96 valence electrons. The van der Waals surface area contributed by atoms with E-state index in [2.05, 4.69) is 61.1 Å². The molecule has 1 aromatic heterocycles. The molecular formula is C12H14Br2N4. The molecule has 4 nitrogen and oxygen atoms in total. The van der Waals surface area contributed by atoms with Crippen molar-refractivity contribution < 1.29 is 0 Å². The Balaban J connectivity index is 2.11. The molecule has 0 fully saturated rings. The minimum Gasteiger partial charge on any atom is -0.377 e. The number of benzene rings is 1. The minimum atomic E-state index is 0.315. The Labute approximate surface area is 123 Å². The van der Waals surface area contributed by atoms with Crippen LogP contribution < -0.4 is 5.32 Å². The van der Waals surface area contributed by atoms with Crippen molar-refractivity contribution in [2.45, 2.75) is 26.4 Å². The summed E-state index contributed by atoms with van der Waals surface area (Å²) in [5.74, 6) is 0.928. The van der Waals surface area contributed by atoms with Crippen molar-refractivity contribution in [2.24, 2.45) is 0 Å². The maximum atomic E-state index is 4.27. The summed E-state index contributed by atoms with van der Waals surface area (Å²) in [5, 5.41) is 7.56. The number of nitrogens with one attached hydrogen (secondary N) is 1. The predicted octanol–water partition coefficient (Wildman–Crippen LogP) is 4.00. The van der Waals surface area contributed by atoms with Gasteiger partial charge in [0.2, 0.25) is 0 Å². The monoisotopic (exact) mass is 372 g/mol. The van der Waals surface area contributed by atoms with E-state index >= 15 is 0 Å². The van der Waals surface area contributed by atoms with Gasteiger partial charge in [-0.1, -0.05) is 15.9 Å². The van der Waals surface area contributed by atoms with Crippen LogP contribution in [-0.2, 0) is 6.54 Å². The Bertz CT molecular complexity index is 537. The third-order valence-electron chi connectivity index (χ3n) is 2.50. The topological polar surface area (TPSA) is 42.7 Å². The fourth-order valence-electron chi connectivity index (χ4n) is 1.64. The van der Waals surface area contributed by atoms with Crippen LogP contribution in [0.4, 0.5) is 5.69 Å². The van der Waals surface area contributed by atoms with Crippen molar-refractivity contribution in [3.63, 3.8) is 0 Å². The van der Waals surface area contributed by atoms with Crippen LogP contribution >= 0.6 is 31.9 Å². The number of hydrogen-bond donors (Lipinski definition) is 1. The molecule has 0 amide bonds. The number of rotatable bonds is 4. The zero-order chi connectivity index (χ0) is 13.1. The van der Waals surface area contributed by atoms with Crippen molar-refractivity contribution in [1.82, 2.24) is 14.8 Å². The third kappa shape index (κ3) is 3.11. The second-order valence-corrected chi connectivity index (χ2v) is 5.96. The van der Waals surface area contributed by atoms with E-state index in [1.54, 1.807) is 6.33 Å². The quantitative estimate of drug-likeness (QED) is 0.880. The molecule has 0 saturated heterocycles. The lowest BCUT2D eigenvalue weighted by atomic mass is 10.3. The molecule has 2 aromatic rings. The van der Waals surface area contributed by atoms with Crippen LogP contribution in [0, 0.1) is 0 Å². The molecule has 0 bridgehead atoms. The number of hydrogen-bond acceptors (Lipinski definition) is 3. The largest absolute Gasteiger partial charge is 0.377 e. The second kappa shape index (κ2) is 5.84. The fraction of sp³-hybridized carbons (Fsp3) is 0.333. The van der Waals surface area contributed by atoms with Gasteiger partial charge in [0, 0.05) is 20.7 Å². The van der Waals surface area contributed by atoms with Gasteiger partial charge >= 0.3 is 0 Å². The standard InChI is InChI=1S/C12H14Br2N4/c1-8(2)18-12(16-7-17-18)6-15-11-5-9(13)3-4-10(11)14/h3-5,7-8,15H,6H2,1-2H3. The van der Waals surface area contributed by atoms with Gasteiger partial charge in [-0.05, 0) is 48.0 Å². The summed E-state index contributed by atoms with van der Waals surface area (Å²) in [5.41, 5.74) is 1.03. The van der Waals surface area contributed by atoms with E-state index in [-0.39, 0.29) is 0 Å². The maximum Gasteiger partial charge on any atom is 0.146 e. The molecule has 0 aliphatic carbocycles. The normalized spacial score (nSPS) is 10.9. The maximum absolute atomic E-state index is 4.27. The summed E-state index contributed by atoms with van der Waals surface area (Å²) in [6.07, 6.45) is 1.59. The molecule has 18 heavy (non-hydrogen) atoms. The Kier molecular flexibility index (Phi) is 4.40. The first kappa shape index (κ1) is 13.5. The van der Waals surface area contributed by atoms with Crippen LogP contribution in [0.15, 0.2) is 33.5 Å². The lowest BCUT2D eigenvalue weighted by molar-refractivity contribution is 0.509. The molecule has 0 atom stereocenters. The summed E-state index contributed by atoms with van der Waals surface area (Å²) in [6.45, 7) is 4.83. The SMILES string of the molecule is CC(C)n1ncnc1CNc1cc(Br)ccc1Br. The average Bonchev–Trinajstić information content (AvgIpc) is 2.79. The van der Waals surface area contributed by atoms with Crippen molar-refractivity contribution in [3.05, 3.63) is 39.3 Å². The highest BCUT2D eigenvalue weighted by atomic mass is 79.9. The minimum absolute atomic E-state index is 0.315. The summed E-state index contributed by atoms with van der Waals surface area (Å²) in [7, 11) is 0. The highest BCUT2D eigenvalue weighted by Crippen LogP contribution is 2.26. The molecule has 0 aliphatic heterocycles. The van der Waals surface area contributed by atoms with Gasteiger partial charge in [0.05, 0.1) is 6.54 Å². The summed E-state index contributed by atoms with van der Waals surface area (Å²) < 4.78 is 3.98. The van der Waals surface area contributed by atoms with E-state index in [0.29, 0.717) is 12.6 Å². The lowest BCUT2D eigenvalue weighted by Gasteiger charge is -2.12.